The number of nitrogens with one attached hydrogen (secondary N) is 1. The molecule has 6 heteroatoms. The number of benzene rings is 1. The van der Waals surface area contributed by atoms with E-state index < -0.39 is 0 Å². The van der Waals surface area contributed by atoms with Crippen LogP contribution in [0.5, 0.6) is 0 Å². The van der Waals surface area contributed by atoms with Gasteiger partial charge in [-0.2, -0.15) is 0 Å². The van der Waals surface area contributed by atoms with E-state index in [4.69, 9.17) is 4.42 Å². The van der Waals surface area contributed by atoms with Crippen LogP contribution in [0, 0.1) is 0 Å². The Bertz CT molecular complexity index is 724. The van der Waals surface area contributed by atoms with Crippen LogP contribution in [0.2, 0.25) is 0 Å². The van der Waals surface area contributed by atoms with E-state index in [9.17, 15) is 9.59 Å². The van der Waals surface area contributed by atoms with Gasteiger partial charge < -0.3 is 14.6 Å². The molecule has 1 saturated heterocycles. The monoisotopic (exact) mass is 327 g/mol. The van der Waals surface area contributed by atoms with Crippen LogP contribution in [-0.2, 0) is 4.79 Å². The molecule has 0 saturated carbocycles. The summed E-state index contributed by atoms with van der Waals surface area (Å²) in [6.45, 7) is 4.79. The fraction of sp³-hybridized carbons (Fsp3) is 0.389. The van der Waals surface area contributed by atoms with Gasteiger partial charge >= 0.3 is 0 Å². The van der Waals surface area contributed by atoms with Crippen molar-refractivity contribution >= 4 is 11.8 Å². The maximum atomic E-state index is 13.1. The first-order chi connectivity index (χ1) is 11.6. The zero-order valence-electron chi connectivity index (χ0n) is 13.9. The predicted molar refractivity (Wildman–Crippen MR) is 88.4 cm³/mol. The van der Waals surface area contributed by atoms with Gasteiger partial charge in [0.25, 0.3) is 5.91 Å². The fourth-order valence-electron chi connectivity index (χ4n) is 3.01. The van der Waals surface area contributed by atoms with Gasteiger partial charge in [0.15, 0.2) is 12.1 Å². The number of hydrogen-bond acceptors (Lipinski definition) is 4. The lowest BCUT2D eigenvalue weighted by atomic mass is 10.0. The van der Waals surface area contributed by atoms with E-state index in [-0.39, 0.29) is 30.2 Å². The molecular formula is C18H21N3O3. The Kier molecular flexibility index (Phi) is 4.64. The van der Waals surface area contributed by atoms with Gasteiger partial charge in [-0.1, -0.05) is 44.2 Å². The number of nitrogens with zero attached hydrogens (tertiary/aromatic N) is 2. The molecule has 0 aliphatic carbocycles. The molecule has 6 nitrogen and oxygen atoms in total. The summed E-state index contributed by atoms with van der Waals surface area (Å²) in [6, 6.07) is 9.32. The van der Waals surface area contributed by atoms with Crippen LogP contribution in [0.15, 0.2) is 41.1 Å². The smallest absolute Gasteiger partial charge is 0.276 e. The van der Waals surface area contributed by atoms with Gasteiger partial charge in [0.05, 0.1) is 12.5 Å². The first-order valence-electron chi connectivity index (χ1n) is 8.14. The van der Waals surface area contributed by atoms with Crippen molar-refractivity contribution in [2.24, 2.45) is 0 Å². The fourth-order valence-corrected chi connectivity index (χ4v) is 3.01. The molecule has 1 aliphatic rings. The van der Waals surface area contributed by atoms with Crippen LogP contribution in [0.4, 0.5) is 0 Å². The zero-order chi connectivity index (χ0) is 17.1. The van der Waals surface area contributed by atoms with Crippen molar-refractivity contribution in [3.8, 4) is 0 Å². The topological polar surface area (TPSA) is 75.4 Å². The van der Waals surface area contributed by atoms with Gasteiger partial charge in [0.2, 0.25) is 5.91 Å². The van der Waals surface area contributed by atoms with Crippen LogP contribution in [0.3, 0.4) is 0 Å². The van der Waals surface area contributed by atoms with E-state index in [1.165, 1.54) is 6.39 Å². The number of aromatic nitrogens is 1. The number of amides is 2. The van der Waals surface area contributed by atoms with E-state index in [1.807, 2.05) is 44.2 Å². The normalized spacial score (nSPS) is 18.4. The summed E-state index contributed by atoms with van der Waals surface area (Å²) < 4.78 is 5.39. The average molecular weight is 327 g/mol. The molecular weight excluding hydrogens is 306 g/mol. The summed E-state index contributed by atoms with van der Waals surface area (Å²) >= 11 is 0. The van der Waals surface area contributed by atoms with Crippen molar-refractivity contribution in [1.82, 2.24) is 15.2 Å². The van der Waals surface area contributed by atoms with Crippen molar-refractivity contribution in [2.75, 3.05) is 13.1 Å². The third kappa shape index (κ3) is 3.18. The molecule has 0 bridgehead atoms. The minimum atomic E-state index is -0.307. The van der Waals surface area contributed by atoms with Gasteiger partial charge in [-0.15, -0.1) is 0 Å². The van der Waals surface area contributed by atoms with Crippen LogP contribution < -0.4 is 5.32 Å². The molecule has 1 atom stereocenters. The third-order valence-electron chi connectivity index (χ3n) is 4.20. The number of carbonyl (C=O) groups is 2. The second-order valence-corrected chi connectivity index (χ2v) is 6.20. The highest BCUT2D eigenvalue weighted by Crippen LogP contribution is 2.29. The molecule has 126 valence electrons. The molecule has 2 amide bonds. The first-order valence-corrected chi connectivity index (χ1v) is 8.14. The van der Waals surface area contributed by atoms with Gasteiger partial charge in [-0.05, 0) is 5.56 Å². The highest BCUT2D eigenvalue weighted by atomic mass is 16.3. The van der Waals surface area contributed by atoms with Crippen molar-refractivity contribution in [3.63, 3.8) is 0 Å². The lowest BCUT2D eigenvalue weighted by molar-refractivity contribution is -0.121. The SMILES string of the molecule is CC(C)c1ocnc1C(=O)N1CCNC(=O)CC1c1ccccc1. The molecule has 2 heterocycles. The van der Waals surface area contributed by atoms with Gasteiger partial charge in [-0.3, -0.25) is 9.59 Å². The van der Waals surface area contributed by atoms with Gasteiger partial charge in [-0.25, -0.2) is 4.98 Å². The molecule has 1 aromatic carbocycles. The van der Waals surface area contributed by atoms with Gasteiger partial charge in [0.1, 0.15) is 5.76 Å². The largest absolute Gasteiger partial charge is 0.447 e. The molecule has 1 aromatic heterocycles. The summed E-state index contributed by atoms with van der Waals surface area (Å²) in [6.07, 6.45) is 1.55. The lowest BCUT2D eigenvalue weighted by Crippen LogP contribution is -2.37. The van der Waals surface area contributed by atoms with Crippen molar-refractivity contribution in [3.05, 3.63) is 53.7 Å². The number of rotatable bonds is 3. The molecule has 1 unspecified atom stereocenters. The Hall–Kier alpha value is -2.63. The Balaban J connectivity index is 1.97. The average Bonchev–Trinajstić information content (AvgIpc) is 2.99. The second-order valence-electron chi connectivity index (χ2n) is 6.20. The Labute approximate surface area is 140 Å². The lowest BCUT2D eigenvalue weighted by Gasteiger charge is -2.29. The predicted octanol–water partition coefficient (Wildman–Crippen LogP) is 2.50. The van der Waals surface area contributed by atoms with Gasteiger partial charge in [0, 0.05) is 19.0 Å². The molecule has 1 fully saturated rings. The number of hydrogen-bond donors (Lipinski definition) is 1. The van der Waals surface area contributed by atoms with Crippen molar-refractivity contribution in [1.29, 1.82) is 0 Å². The second kappa shape index (κ2) is 6.86. The summed E-state index contributed by atoms with van der Waals surface area (Å²) in [5, 5.41) is 2.84. The first kappa shape index (κ1) is 16.2. The third-order valence-corrected chi connectivity index (χ3v) is 4.20. The molecule has 1 aliphatic heterocycles. The quantitative estimate of drug-likeness (QED) is 0.940. The summed E-state index contributed by atoms with van der Waals surface area (Å²) in [5.74, 6) is 0.393. The van der Waals surface area contributed by atoms with Crippen molar-refractivity contribution in [2.45, 2.75) is 32.2 Å². The molecule has 0 spiro atoms. The van der Waals surface area contributed by atoms with E-state index in [1.54, 1.807) is 4.90 Å². The molecule has 3 rings (SSSR count). The summed E-state index contributed by atoms with van der Waals surface area (Å²) in [4.78, 5) is 31.0. The minimum absolute atomic E-state index is 0.0524. The number of oxazole rings is 1. The van der Waals surface area contributed by atoms with Crippen LogP contribution in [-0.4, -0.2) is 34.8 Å². The maximum absolute atomic E-state index is 13.1. The minimum Gasteiger partial charge on any atom is -0.447 e. The van der Waals surface area contributed by atoms with Crippen LogP contribution >= 0.6 is 0 Å². The standard InChI is InChI=1S/C18H21N3O3/c1-12(2)17-16(20-11-24-17)18(23)21-9-8-19-15(22)10-14(21)13-6-4-3-5-7-13/h3-7,11-12,14H,8-10H2,1-2H3,(H,19,22). The molecule has 1 N–H and O–H groups in total. The molecule has 0 radical (unpaired) electrons. The van der Waals surface area contributed by atoms with Crippen LogP contribution in [0.25, 0.3) is 0 Å². The highest BCUT2D eigenvalue weighted by Gasteiger charge is 2.33. The Morgan fingerprint density at radius 1 is 1.33 bits per heavy atom. The zero-order valence-corrected chi connectivity index (χ0v) is 13.9. The van der Waals surface area contributed by atoms with E-state index in [2.05, 4.69) is 10.3 Å². The molecule has 2 aromatic rings. The maximum Gasteiger partial charge on any atom is 0.276 e. The molecule has 24 heavy (non-hydrogen) atoms. The van der Waals surface area contributed by atoms with Crippen molar-refractivity contribution < 1.29 is 14.0 Å². The van der Waals surface area contributed by atoms with E-state index in [0.717, 1.165) is 5.56 Å². The highest BCUT2D eigenvalue weighted by molar-refractivity contribution is 5.94. The van der Waals surface area contributed by atoms with E-state index >= 15 is 0 Å². The summed E-state index contributed by atoms with van der Waals surface area (Å²) in [7, 11) is 0. The van der Waals surface area contributed by atoms with E-state index in [0.29, 0.717) is 24.5 Å². The van der Waals surface area contributed by atoms with Crippen LogP contribution in [0.1, 0.15) is 54.0 Å². The summed E-state index contributed by atoms with van der Waals surface area (Å²) in [5.41, 5.74) is 1.28. The number of carbonyl (C=O) groups excluding carboxylic acids is 2. The Morgan fingerprint density at radius 2 is 2.08 bits per heavy atom. The Morgan fingerprint density at radius 3 is 2.79 bits per heavy atom.